The maximum Gasteiger partial charge on any atom is 0.573 e. The number of halogens is 3. The molecule has 0 radical (unpaired) electrons. The normalized spacial score (nSPS) is 28.3. The summed E-state index contributed by atoms with van der Waals surface area (Å²) >= 11 is 0. The summed E-state index contributed by atoms with van der Waals surface area (Å²) in [6.07, 6.45) is 3.56. The topological polar surface area (TPSA) is 180 Å². The van der Waals surface area contributed by atoms with Crippen LogP contribution < -0.4 is 19.5 Å². The number of aryl methyl sites for hydroxylation is 2. The van der Waals surface area contributed by atoms with E-state index in [-0.39, 0.29) is 32.2 Å². The number of nitrogens with zero attached hydrogens (tertiary/aromatic N) is 2. The van der Waals surface area contributed by atoms with Gasteiger partial charge in [-0.05, 0) is 97.3 Å². The molecular weight excluding hydrogens is 822 g/mol. The summed E-state index contributed by atoms with van der Waals surface area (Å²) < 4.78 is 89.2. The van der Waals surface area contributed by atoms with E-state index in [9.17, 15) is 40.8 Å². The Labute approximate surface area is 353 Å². The van der Waals surface area contributed by atoms with Gasteiger partial charge in [0.15, 0.2) is 0 Å². The Hall–Kier alpha value is -4.45. The molecule has 1 spiro atoms. The van der Waals surface area contributed by atoms with E-state index < -0.39 is 85.2 Å². The summed E-state index contributed by atoms with van der Waals surface area (Å²) in [7, 11) is -2.51. The Bertz CT molecular complexity index is 2230. The van der Waals surface area contributed by atoms with E-state index in [0.29, 0.717) is 79.5 Å². The molecule has 18 heteroatoms. The number of amides is 3. The lowest BCUT2D eigenvalue weighted by Gasteiger charge is -2.36. The Balaban J connectivity index is 1.23. The van der Waals surface area contributed by atoms with Gasteiger partial charge in [-0.2, -0.15) is 0 Å². The second-order valence-electron chi connectivity index (χ2n) is 18.3. The van der Waals surface area contributed by atoms with E-state index >= 15 is 0 Å². The molecule has 1 saturated heterocycles. The molecule has 1 aromatic heterocycles. The molecule has 2 N–H and O–H groups in total. The third-order valence-corrected chi connectivity index (χ3v) is 15.2. The highest BCUT2D eigenvalue weighted by molar-refractivity contribution is 7.91. The Morgan fingerprint density at radius 1 is 1.10 bits per heavy atom. The van der Waals surface area contributed by atoms with Gasteiger partial charge in [0, 0.05) is 49.3 Å². The van der Waals surface area contributed by atoms with Gasteiger partial charge in [-0.15, -0.1) is 13.2 Å². The van der Waals surface area contributed by atoms with Crippen molar-refractivity contribution in [3.05, 3.63) is 41.6 Å². The second kappa shape index (κ2) is 16.3. The number of methoxy groups -OCH3 is 1. The maximum atomic E-state index is 14.9. The fourth-order valence-electron chi connectivity index (χ4n) is 8.95. The summed E-state index contributed by atoms with van der Waals surface area (Å²) in [6, 6.07) is 2.69. The summed E-state index contributed by atoms with van der Waals surface area (Å²) in [5.41, 5.74) is -2.15. The first kappa shape index (κ1) is 44.6. The first-order valence-electron chi connectivity index (χ1n) is 21.0. The third-order valence-electron chi connectivity index (χ3n) is 13.0. The minimum Gasteiger partial charge on any atom is -0.483 e. The van der Waals surface area contributed by atoms with Crippen LogP contribution in [-0.4, -0.2) is 96.1 Å². The standard InChI is InChI=1S/C43H55F3N4O10S/c1-26-35-30(31-22-29(58-43(44,45)46)13-14-32(31)47-26)15-16-41(60-35)24-33-36(52)48-42(38(54)49-61(55,56)40(4)17-18-40)23-28(42)12-10-8-6-7-9-11-27(37(53)50(33)25-41)21-34(51)59-39(2,3)19-20-57-5/h10,12-14,22,27-28,33H,6-9,11,15-21,23-25H2,1-5H3,(H,48,52)(H,49,54)/b12-10-/t27-,28-,33+,41-,42-/m1/s1. The highest BCUT2D eigenvalue weighted by atomic mass is 32.2. The number of hydrogen-bond acceptors (Lipinski definition) is 11. The number of fused-ring (bicyclic) bond motifs is 5. The monoisotopic (exact) mass is 876 g/mol. The predicted octanol–water partition coefficient (Wildman–Crippen LogP) is 5.86. The van der Waals surface area contributed by atoms with Gasteiger partial charge < -0.3 is 29.2 Å². The summed E-state index contributed by atoms with van der Waals surface area (Å²) in [5.74, 6) is -4.05. The second-order valence-corrected chi connectivity index (χ2v) is 20.5. The van der Waals surface area contributed by atoms with Crippen LogP contribution in [-0.2, 0) is 45.1 Å². The number of rotatable bonds is 10. The van der Waals surface area contributed by atoms with Crippen LogP contribution in [0.25, 0.3) is 10.9 Å². The van der Waals surface area contributed by atoms with E-state index in [1.165, 1.54) is 23.1 Å². The van der Waals surface area contributed by atoms with Crippen LogP contribution in [0, 0.1) is 18.8 Å². The molecule has 1 aromatic carbocycles. The quantitative estimate of drug-likeness (QED) is 0.216. The average molecular weight is 877 g/mol. The van der Waals surface area contributed by atoms with E-state index in [1.54, 1.807) is 34.8 Å². The zero-order valence-corrected chi connectivity index (χ0v) is 36.1. The van der Waals surface area contributed by atoms with Crippen LogP contribution in [0.4, 0.5) is 13.2 Å². The lowest BCUT2D eigenvalue weighted by Crippen LogP contribution is -2.57. The SMILES string of the molecule is COCCC(C)(C)OC(=O)C[C@H]1CCCCC/C=C\[C@@H]2C[C@@]2(C(=O)NS(=O)(=O)C2(C)CC2)NC(=O)[C@@H]2C[C@]3(CCc4c(c(C)nc5ccc(OC(F)(F)F)cc45)O3)CN2C1=O. The van der Waals surface area contributed by atoms with Crippen LogP contribution in [0.15, 0.2) is 30.4 Å². The largest absolute Gasteiger partial charge is 0.573 e. The molecule has 4 heterocycles. The van der Waals surface area contributed by atoms with Gasteiger partial charge in [-0.1, -0.05) is 25.0 Å². The van der Waals surface area contributed by atoms with Crippen LogP contribution >= 0.6 is 0 Å². The van der Waals surface area contributed by atoms with Crippen molar-refractivity contribution in [2.75, 3.05) is 20.3 Å². The van der Waals surface area contributed by atoms with Crippen molar-refractivity contribution in [3.8, 4) is 11.5 Å². The first-order chi connectivity index (χ1) is 28.6. The Morgan fingerprint density at radius 3 is 2.56 bits per heavy atom. The summed E-state index contributed by atoms with van der Waals surface area (Å²) in [4.78, 5) is 63.2. The summed E-state index contributed by atoms with van der Waals surface area (Å²) in [5, 5.41) is 3.30. The number of carbonyl (C=O) groups excluding carboxylic acids is 4. The molecule has 7 rings (SSSR count). The molecule has 2 aromatic rings. The Kier molecular flexibility index (Phi) is 12.0. The highest BCUT2D eigenvalue weighted by Crippen LogP contribution is 2.49. The van der Waals surface area contributed by atoms with Crippen LogP contribution in [0.5, 0.6) is 11.5 Å². The molecule has 3 aliphatic heterocycles. The minimum atomic E-state index is -4.91. The van der Waals surface area contributed by atoms with E-state index in [2.05, 4.69) is 19.8 Å². The molecule has 2 aliphatic carbocycles. The van der Waals surface area contributed by atoms with Crippen molar-refractivity contribution in [3.63, 3.8) is 0 Å². The van der Waals surface area contributed by atoms with Gasteiger partial charge in [0.1, 0.15) is 34.3 Å². The van der Waals surface area contributed by atoms with Crippen LogP contribution in [0.3, 0.4) is 0 Å². The number of aromatic nitrogens is 1. The van der Waals surface area contributed by atoms with Crippen molar-refractivity contribution in [1.82, 2.24) is 19.9 Å². The summed E-state index contributed by atoms with van der Waals surface area (Å²) in [6.45, 7) is 7.06. The molecule has 5 aliphatic rings. The first-order valence-corrected chi connectivity index (χ1v) is 22.5. The van der Waals surface area contributed by atoms with Crippen molar-refractivity contribution in [2.24, 2.45) is 11.8 Å². The number of benzene rings is 1. The van der Waals surface area contributed by atoms with Crippen molar-refractivity contribution >= 4 is 44.6 Å². The smallest absolute Gasteiger partial charge is 0.483 e. The fourth-order valence-corrected chi connectivity index (χ4v) is 10.3. The molecule has 3 amide bonds. The molecule has 14 nitrogen and oxygen atoms in total. The van der Waals surface area contributed by atoms with Crippen LogP contribution in [0.1, 0.15) is 109 Å². The maximum absolute atomic E-state index is 14.9. The molecular formula is C43H55F3N4O10S. The van der Waals surface area contributed by atoms with E-state index in [4.69, 9.17) is 14.2 Å². The van der Waals surface area contributed by atoms with Crippen molar-refractivity contribution < 1.29 is 59.7 Å². The number of sulfonamides is 1. The third kappa shape index (κ3) is 9.49. The zero-order valence-electron chi connectivity index (χ0n) is 35.2. The molecule has 334 valence electrons. The number of nitrogens with one attached hydrogen (secondary N) is 2. The predicted molar refractivity (Wildman–Crippen MR) is 216 cm³/mol. The average Bonchev–Trinajstić information content (AvgIpc) is 4.07. The van der Waals surface area contributed by atoms with Crippen molar-refractivity contribution in [2.45, 2.75) is 145 Å². The van der Waals surface area contributed by atoms with Crippen molar-refractivity contribution in [1.29, 1.82) is 0 Å². The van der Waals surface area contributed by atoms with Gasteiger partial charge in [0.25, 0.3) is 5.91 Å². The molecule has 3 fully saturated rings. The van der Waals surface area contributed by atoms with Gasteiger partial charge in [0.05, 0.1) is 28.9 Å². The van der Waals surface area contributed by atoms with Gasteiger partial charge in [-0.25, -0.2) is 13.4 Å². The van der Waals surface area contributed by atoms with E-state index in [1.807, 2.05) is 12.2 Å². The number of allylic oxidation sites excluding steroid dienone is 1. The number of ether oxygens (including phenoxy) is 4. The molecule has 0 unspecified atom stereocenters. The number of esters is 1. The van der Waals surface area contributed by atoms with Gasteiger partial charge >= 0.3 is 12.3 Å². The van der Waals surface area contributed by atoms with E-state index in [0.717, 1.165) is 12.8 Å². The molecule has 5 atom stereocenters. The number of alkyl halides is 3. The molecule has 61 heavy (non-hydrogen) atoms. The fraction of sp³-hybridized carbons (Fsp3) is 0.651. The highest BCUT2D eigenvalue weighted by Gasteiger charge is 2.64. The molecule has 2 saturated carbocycles. The van der Waals surface area contributed by atoms with Crippen LogP contribution in [0.2, 0.25) is 0 Å². The van der Waals surface area contributed by atoms with Gasteiger partial charge in [0.2, 0.25) is 21.8 Å². The molecule has 0 bridgehead atoms. The number of pyridine rings is 1. The zero-order chi connectivity index (χ0) is 44.2. The van der Waals surface area contributed by atoms with Gasteiger partial charge in [-0.3, -0.25) is 23.9 Å². The minimum absolute atomic E-state index is 0.0332. The number of hydrogen-bond donors (Lipinski definition) is 2. The number of carbonyl (C=O) groups is 4. The Morgan fingerprint density at radius 2 is 1.85 bits per heavy atom. The lowest BCUT2D eigenvalue weighted by atomic mass is 9.87. The lowest BCUT2D eigenvalue weighted by molar-refractivity contribution is -0.274.